The molecule has 0 unspecified atom stereocenters. The van der Waals surface area contributed by atoms with E-state index in [0.717, 1.165) is 5.56 Å². The van der Waals surface area contributed by atoms with Gasteiger partial charge in [0.25, 0.3) is 11.8 Å². The van der Waals surface area contributed by atoms with Gasteiger partial charge in [-0.2, -0.15) is 0 Å². The average molecular weight is 442 g/mol. The number of rotatable bonds is 5. The van der Waals surface area contributed by atoms with Crippen LogP contribution in [-0.4, -0.2) is 32.1 Å². The van der Waals surface area contributed by atoms with Gasteiger partial charge >= 0.3 is 0 Å². The van der Waals surface area contributed by atoms with Gasteiger partial charge in [0.1, 0.15) is 24.7 Å². The number of anilines is 2. The van der Waals surface area contributed by atoms with E-state index < -0.39 is 5.91 Å². The lowest BCUT2D eigenvalue weighted by Crippen LogP contribution is -2.33. The molecule has 2 heterocycles. The van der Waals surface area contributed by atoms with Crippen LogP contribution in [0.25, 0.3) is 5.57 Å². The molecule has 33 heavy (non-hydrogen) atoms. The minimum absolute atomic E-state index is 0.199. The Hall–Kier alpha value is -4.26. The number of benzene rings is 3. The molecule has 2 aliphatic heterocycles. The molecule has 7 nitrogen and oxygen atoms in total. The zero-order valence-corrected chi connectivity index (χ0v) is 18.3. The summed E-state index contributed by atoms with van der Waals surface area (Å²) in [7, 11) is 1.58. The summed E-state index contributed by atoms with van der Waals surface area (Å²) < 4.78 is 16.5. The van der Waals surface area contributed by atoms with Gasteiger partial charge in [-0.15, -0.1) is 0 Å². The van der Waals surface area contributed by atoms with Crippen LogP contribution in [0.4, 0.5) is 11.4 Å². The maximum absolute atomic E-state index is 13.6. The maximum Gasteiger partial charge on any atom is 0.282 e. The Labute approximate surface area is 191 Å². The van der Waals surface area contributed by atoms with Crippen LogP contribution < -0.4 is 24.4 Å². The Kier molecular flexibility index (Phi) is 5.22. The molecule has 2 aliphatic rings. The van der Waals surface area contributed by atoms with E-state index >= 15 is 0 Å². The van der Waals surface area contributed by atoms with Crippen molar-refractivity contribution in [2.75, 3.05) is 30.5 Å². The quantitative estimate of drug-likeness (QED) is 0.598. The lowest BCUT2D eigenvalue weighted by atomic mass is 10.0. The second-order valence-electron chi connectivity index (χ2n) is 7.69. The molecule has 0 atom stereocenters. The Morgan fingerprint density at radius 3 is 2.33 bits per heavy atom. The molecule has 0 saturated heterocycles. The van der Waals surface area contributed by atoms with E-state index in [4.69, 9.17) is 14.2 Å². The van der Waals surface area contributed by atoms with Crippen LogP contribution in [0.1, 0.15) is 11.1 Å². The van der Waals surface area contributed by atoms with Gasteiger partial charge in [0, 0.05) is 11.8 Å². The lowest BCUT2D eigenvalue weighted by molar-refractivity contribution is -0.120. The summed E-state index contributed by atoms with van der Waals surface area (Å²) in [4.78, 5) is 28.4. The summed E-state index contributed by atoms with van der Waals surface area (Å²) in [5.74, 6) is 1.08. The number of hydrogen-bond donors (Lipinski definition) is 1. The van der Waals surface area contributed by atoms with Gasteiger partial charge in [0.15, 0.2) is 11.5 Å². The van der Waals surface area contributed by atoms with E-state index in [-0.39, 0.29) is 11.6 Å². The van der Waals surface area contributed by atoms with Gasteiger partial charge in [-0.25, -0.2) is 4.90 Å². The van der Waals surface area contributed by atoms with E-state index in [9.17, 15) is 9.59 Å². The van der Waals surface area contributed by atoms with E-state index in [1.807, 2.05) is 25.1 Å². The third-order valence-corrected chi connectivity index (χ3v) is 5.63. The van der Waals surface area contributed by atoms with Crippen LogP contribution >= 0.6 is 0 Å². The van der Waals surface area contributed by atoms with E-state index in [0.29, 0.717) is 53.0 Å². The predicted octanol–water partition coefficient (Wildman–Crippen LogP) is 4.17. The topological polar surface area (TPSA) is 77.1 Å². The van der Waals surface area contributed by atoms with Crippen molar-refractivity contribution in [1.82, 2.24) is 0 Å². The van der Waals surface area contributed by atoms with Gasteiger partial charge in [-0.1, -0.05) is 30.3 Å². The summed E-state index contributed by atoms with van der Waals surface area (Å²) in [6.07, 6.45) is 0. The highest BCUT2D eigenvalue weighted by Crippen LogP contribution is 2.37. The molecule has 7 heteroatoms. The third-order valence-electron chi connectivity index (χ3n) is 5.63. The smallest absolute Gasteiger partial charge is 0.282 e. The molecule has 0 aliphatic carbocycles. The number of ether oxygens (including phenoxy) is 3. The highest BCUT2D eigenvalue weighted by Gasteiger charge is 2.40. The van der Waals surface area contributed by atoms with Crippen molar-refractivity contribution < 1.29 is 23.8 Å². The van der Waals surface area contributed by atoms with Gasteiger partial charge in [-0.05, 0) is 48.4 Å². The SMILES string of the molecule is COc1ccc(C2=C(Nc3ccc4c(c3)OCCO4)C(=O)N(c3ccccc3C)C2=O)cc1. The summed E-state index contributed by atoms with van der Waals surface area (Å²) in [6, 6.07) is 19.7. The maximum atomic E-state index is 13.6. The number of amides is 2. The number of hydrogen-bond acceptors (Lipinski definition) is 6. The number of nitrogens with zero attached hydrogens (tertiary/aromatic N) is 1. The zero-order valence-electron chi connectivity index (χ0n) is 18.3. The lowest BCUT2D eigenvalue weighted by Gasteiger charge is -2.20. The van der Waals surface area contributed by atoms with Crippen molar-refractivity contribution in [2.24, 2.45) is 0 Å². The largest absolute Gasteiger partial charge is 0.497 e. The van der Waals surface area contributed by atoms with Crippen molar-refractivity contribution in [3.63, 3.8) is 0 Å². The summed E-state index contributed by atoms with van der Waals surface area (Å²) in [5, 5.41) is 3.17. The Morgan fingerprint density at radius 1 is 0.879 bits per heavy atom. The summed E-state index contributed by atoms with van der Waals surface area (Å²) in [6.45, 7) is 2.81. The minimum Gasteiger partial charge on any atom is -0.497 e. The monoisotopic (exact) mass is 442 g/mol. The first kappa shape index (κ1) is 20.6. The van der Waals surface area contributed by atoms with Crippen LogP contribution in [0.5, 0.6) is 17.2 Å². The Morgan fingerprint density at radius 2 is 1.61 bits per heavy atom. The summed E-state index contributed by atoms with van der Waals surface area (Å²) >= 11 is 0. The van der Waals surface area contributed by atoms with Crippen LogP contribution in [-0.2, 0) is 9.59 Å². The molecule has 2 amide bonds. The standard InChI is InChI=1S/C26H22N2O5/c1-16-5-3-4-6-20(16)28-25(29)23(17-7-10-19(31-2)11-8-17)24(26(28)30)27-18-9-12-21-22(15-18)33-14-13-32-21/h3-12,15,27H,13-14H2,1-2H3. The molecular weight excluding hydrogens is 420 g/mol. The van der Waals surface area contributed by atoms with Crippen LogP contribution in [0.3, 0.4) is 0 Å². The van der Waals surface area contributed by atoms with Gasteiger partial charge < -0.3 is 19.5 Å². The number of carbonyl (C=O) groups excluding carboxylic acids is 2. The number of carbonyl (C=O) groups is 2. The molecule has 3 aromatic rings. The third kappa shape index (κ3) is 3.67. The first-order valence-corrected chi connectivity index (χ1v) is 10.6. The highest BCUT2D eigenvalue weighted by molar-refractivity contribution is 6.46. The molecule has 0 fully saturated rings. The number of nitrogens with one attached hydrogen (secondary N) is 1. The van der Waals surface area contributed by atoms with Crippen molar-refractivity contribution >= 4 is 28.8 Å². The first-order chi connectivity index (χ1) is 16.1. The molecule has 0 aromatic heterocycles. The Bertz CT molecular complexity index is 1280. The second-order valence-corrected chi connectivity index (χ2v) is 7.69. The van der Waals surface area contributed by atoms with Crippen molar-refractivity contribution in [2.45, 2.75) is 6.92 Å². The summed E-state index contributed by atoms with van der Waals surface area (Å²) in [5.41, 5.74) is 3.11. The van der Waals surface area contributed by atoms with Crippen molar-refractivity contribution in [1.29, 1.82) is 0 Å². The molecule has 166 valence electrons. The van der Waals surface area contributed by atoms with Gasteiger partial charge in [-0.3, -0.25) is 9.59 Å². The van der Waals surface area contributed by atoms with E-state index in [1.54, 1.807) is 55.6 Å². The number of fused-ring (bicyclic) bond motifs is 1. The molecule has 0 saturated carbocycles. The van der Waals surface area contributed by atoms with Crippen molar-refractivity contribution in [3.8, 4) is 17.2 Å². The average Bonchev–Trinajstić information content (AvgIpc) is 3.08. The highest BCUT2D eigenvalue weighted by atomic mass is 16.6. The fraction of sp³-hybridized carbons (Fsp3) is 0.154. The minimum atomic E-state index is -0.421. The van der Waals surface area contributed by atoms with Crippen LogP contribution in [0, 0.1) is 6.92 Å². The van der Waals surface area contributed by atoms with E-state index in [1.165, 1.54) is 4.90 Å². The number of imide groups is 1. The molecular formula is C26H22N2O5. The number of aryl methyl sites for hydroxylation is 1. The van der Waals surface area contributed by atoms with Crippen LogP contribution in [0.2, 0.25) is 0 Å². The van der Waals surface area contributed by atoms with Crippen molar-refractivity contribution in [3.05, 3.63) is 83.6 Å². The molecule has 0 radical (unpaired) electrons. The molecule has 5 rings (SSSR count). The van der Waals surface area contributed by atoms with Crippen LogP contribution in [0.15, 0.2) is 72.4 Å². The number of para-hydroxylation sites is 1. The molecule has 0 spiro atoms. The number of methoxy groups -OCH3 is 1. The fourth-order valence-corrected chi connectivity index (χ4v) is 3.97. The second kappa shape index (κ2) is 8.35. The molecule has 1 N–H and O–H groups in total. The van der Waals surface area contributed by atoms with Gasteiger partial charge in [0.2, 0.25) is 0 Å². The predicted molar refractivity (Wildman–Crippen MR) is 125 cm³/mol. The van der Waals surface area contributed by atoms with Gasteiger partial charge in [0.05, 0.1) is 18.4 Å². The molecule has 3 aromatic carbocycles. The first-order valence-electron chi connectivity index (χ1n) is 10.6. The Balaban J connectivity index is 1.59. The fourth-order valence-electron chi connectivity index (χ4n) is 3.97. The molecule has 0 bridgehead atoms. The zero-order chi connectivity index (χ0) is 22.9. The van der Waals surface area contributed by atoms with E-state index in [2.05, 4.69) is 5.32 Å². The normalized spacial score (nSPS) is 15.2.